The van der Waals surface area contributed by atoms with Gasteiger partial charge in [-0.25, -0.2) is 13.4 Å². The van der Waals surface area contributed by atoms with E-state index in [-0.39, 0.29) is 15.4 Å². The van der Waals surface area contributed by atoms with Crippen molar-refractivity contribution in [3.63, 3.8) is 0 Å². The van der Waals surface area contributed by atoms with Gasteiger partial charge < -0.3 is 4.98 Å². The molecule has 0 saturated carbocycles. The highest BCUT2D eigenvalue weighted by atomic mass is 32.2. The van der Waals surface area contributed by atoms with Crippen LogP contribution in [-0.2, 0) is 16.2 Å². The number of sulfonamides is 1. The number of benzene rings is 2. The fourth-order valence-corrected chi connectivity index (χ4v) is 5.03. The van der Waals surface area contributed by atoms with Crippen LogP contribution in [-0.4, -0.2) is 18.4 Å². The minimum Gasteiger partial charge on any atom is -0.328 e. The highest BCUT2D eigenvalue weighted by Gasteiger charge is 2.30. The molecule has 0 amide bonds. The fraction of sp³-hybridized carbons (Fsp3) is 0.100. The summed E-state index contributed by atoms with van der Waals surface area (Å²) < 4.78 is 66.6. The van der Waals surface area contributed by atoms with Gasteiger partial charge in [0.05, 0.1) is 10.5 Å². The first-order valence-electron chi connectivity index (χ1n) is 8.82. The van der Waals surface area contributed by atoms with Crippen LogP contribution in [0.4, 0.5) is 18.3 Å². The fourth-order valence-electron chi connectivity index (χ4n) is 3.22. The minimum atomic E-state index is -4.47. The third-order valence-corrected chi connectivity index (χ3v) is 6.84. The van der Waals surface area contributed by atoms with Crippen LogP contribution in [0.3, 0.4) is 0 Å². The Bertz CT molecular complexity index is 1440. The van der Waals surface area contributed by atoms with Gasteiger partial charge in [0.25, 0.3) is 15.6 Å². The third-order valence-electron chi connectivity index (χ3n) is 4.68. The summed E-state index contributed by atoms with van der Waals surface area (Å²) in [6.07, 6.45) is -1.61. The van der Waals surface area contributed by atoms with Crippen LogP contribution in [0.15, 0.2) is 63.9 Å². The number of nitrogens with one attached hydrogen (secondary N) is 2. The molecule has 0 aliphatic heterocycles. The van der Waals surface area contributed by atoms with Gasteiger partial charge >= 0.3 is 6.18 Å². The van der Waals surface area contributed by atoms with Gasteiger partial charge in [-0.2, -0.15) is 13.2 Å². The van der Waals surface area contributed by atoms with Crippen LogP contribution in [0.25, 0.3) is 21.9 Å². The molecule has 2 N–H and O–H groups in total. The molecule has 0 atom stereocenters. The van der Waals surface area contributed by atoms with E-state index in [9.17, 15) is 26.4 Å². The van der Waals surface area contributed by atoms with Crippen LogP contribution in [0.5, 0.6) is 0 Å². The van der Waals surface area contributed by atoms with Gasteiger partial charge in [0.1, 0.15) is 0 Å². The second kappa shape index (κ2) is 7.50. The predicted octanol–water partition coefficient (Wildman–Crippen LogP) is 4.78. The molecule has 4 aromatic rings. The number of fused-ring (bicyclic) bond motifs is 1. The zero-order valence-corrected chi connectivity index (χ0v) is 17.5. The summed E-state index contributed by atoms with van der Waals surface area (Å²) in [5, 5.41) is 2.31. The average Bonchev–Trinajstić information content (AvgIpc) is 3.20. The zero-order chi connectivity index (χ0) is 22.4. The molecule has 0 unspecified atom stereocenters. The monoisotopic (exact) mass is 465 g/mol. The number of rotatable bonds is 4. The molecule has 160 valence electrons. The molecule has 31 heavy (non-hydrogen) atoms. The standard InChI is InChI=1S/C20H14F3N3O3S2/c1-11-8-12(20(21,22)23)2-4-14(11)17-10-25-18(27)16-9-13(3-5-15(16)17)31(28,29)26-19-24-6-7-30-19/h2-10H,1H3,(H,24,26)(H,25,27). The van der Waals surface area contributed by atoms with Crippen molar-refractivity contribution in [2.45, 2.75) is 18.0 Å². The van der Waals surface area contributed by atoms with Gasteiger partial charge in [-0.3, -0.25) is 9.52 Å². The van der Waals surface area contributed by atoms with Crippen molar-refractivity contribution in [1.29, 1.82) is 0 Å². The molecule has 0 aliphatic rings. The van der Waals surface area contributed by atoms with E-state index in [2.05, 4.69) is 14.7 Å². The van der Waals surface area contributed by atoms with Crippen molar-refractivity contribution < 1.29 is 21.6 Å². The number of hydrogen-bond acceptors (Lipinski definition) is 5. The summed E-state index contributed by atoms with van der Waals surface area (Å²) in [5.74, 6) is 0. The maximum Gasteiger partial charge on any atom is 0.416 e. The van der Waals surface area contributed by atoms with Crippen LogP contribution in [0.1, 0.15) is 11.1 Å². The molecule has 0 saturated heterocycles. The number of aryl methyl sites for hydroxylation is 1. The lowest BCUT2D eigenvalue weighted by Gasteiger charge is -2.13. The number of halogens is 3. The number of alkyl halides is 3. The van der Waals surface area contributed by atoms with Crippen LogP contribution in [0, 0.1) is 6.92 Å². The number of nitrogens with zero attached hydrogens (tertiary/aromatic N) is 1. The predicted molar refractivity (Wildman–Crippen MR) is 113 cm³/mol. The summed E-state index contributed by atoms with van der Waals surface area (Å²) in [7, 11) is -3.98. The molecule has 2 aromatic carbocycles. The highest BCUT2D eigenvalue weighted by molar-refractivity contribution is 7.93. The van der Waals surface area contributed by atoms with Crippen molar-refractivity contribution in [2.75, 3.05) is 4.72 Å². The summed E-state index contributed by atoms with van der Waals surface area (Å²) in [4.78, 5) is 18.7. The third kappa shape index (κ3) is 4.06. The topological polar surface area (TPSA) is 91.9 Å². The number of thiazole rings is 1. The number of aromatic nitrogens is 2. The van der Waals surface area contributed by atoms with E-state index >= 15 is 0 Å². The maximum absolute atomic E-state index is 13.0. The normalized spacial score (nSPS) is 12.3. The number of hydrogen-bond donors (Lipinski definition) is 2. The lowest BCUT2D eigenvalue weighted by molar-refractivity contribution is -0.137. The van der Waals surface area contributed by atoms with Crippen LogP contribution in [0.2, 0.25) is 0 Å². The zero-order valence-electron chi connectivity index (χ0n) is 15.8. The molecule has 0 spiro atoms. The van der Waals surface area contributed by atoms with Crippen molar-refractivity contribution >= 4 is 37.3 Å². The lowest BCUT2D eigenvalue weighted by Crippen LogP contribution is -2.14. The maximum atomic E-state index is 13.0. The van der Waals surface area contributed by atoms with E-state index in [4.69, 9.17) is 0 Å². The Balaban J connectivity index is 1.83. The summed E-state index contributed by atoms with van der Waals surface area (Å²) in [5.41, 5.74) is 0.0486. The first kappa shape index (κ1) is 21.1. The van der Waals surface area contributed by atoms with Gasteiger partial charge in [-0.15, -0.1) is 11.3 Å². The van der Waals surface area contributed by atoms with Crippen molar-refractivity contribution in [1.82, 2.24) is 9.97 Å². The average molecular weight is 465 g/mol. The van der Waals surface area contributed by atoms with E-state index < -0.39 is 27.3 Å². The van der Waals surface area contributed by atoms with Crippen LogP contribution >= 0.6 is 11.3 Å². The van der Waals surface area contributed by atoms with E-state index in [0.717, 1.165) is 23.5 Å². The van der Waals surface area contributed by atoms with Gasteiger partial charge in [-0.1, -0.05) is 12.1 Å². The molecular formula is C20H14F3N3O3S2. The first-order chi connectivity index (χ1) is 14.6. The molecule has 6 nitrogen and oxygen atoms in total. The number of aromatic amines is 1. The van der Waals surface area contributed by atoms with Gasteiger partial charge in [0, 0.05) is 28.7 Å². The molecule has 0 radical (unpaired) electrons. The Morgan fingerprint density at radius 3 is 2.48 bits per heavy atom. The van der Waals surface area contributed by atoms with Gasteiger partial charge in [-0.05, 0) is 47.7 Å². The summed E-state index contributed by atoms with van der Waals surface area (Å²) in [6, 6.07) is 7.36. The van der Waals surface area contributed by atoms with Crippen molar-refractivity contribution in [3.8, 4) is 11.1 Å². The Kier molecular flexibility index (Phi) is 5.10. The summed E-state index contributed by atoms with van der Waals surface area (Å²) >= 11 is 1.11. The Hall–Kier alpha value is -3.18. The van der Waals surface area contributed by atoms with E-state index in [1.54, 1.807) is 5.38 Å². The molecule has 4 rings (SSSR count). The Morgan fingerprint density at radius 2 is 1.84 bits per heavy atom. The lowest BCUT2D eigenvalue weighted by atomic mass is 9.95. The highest BCUT2D eigenvalue weighted by Crippen LogP contribution is 2.35. The molecular weight excluding hydrogens is 451 g/mol. The minimum absolute atomic E-state index is 0.0961. The second-order valence-electron chi connectivity index (χ2n) is 6.71. The van der Waals surface area contributed by atoms with E-state index in [0.29, 0.717) is 22.1 Å². The second-order valence-corrected chi connectivity index (χ2v) is 9.29. The molecule has 0 fully saturated rings. The number of pyridine rings is 1. The summed E-state index contributed by atoms with van der Waals surface area (Å²) in [6.45, 7) is 1.54. The van der Waals surface area contributed by atoms with Gasteiger partial charge in [0.15, 0.2) is 5.13 Å². The largest absolute Gasteiger partial charge is 0.416 e. The SMILES string of the molecule is Cc1cc(C(F)(F)F)ccc1-c1c[nH]c(=O)c2cc(S(=O)(=O)Nc3nccs3)ccc12. The van der Waals surface area contributed by atoms with E-state index in [1.807, 2.05) is 0 Å². The molecule has 2 aromatic heterocycles. The first-order valence-corrected chi connectivity index (χ1v) is 11.2. The Morgan fingerprint density at radius 1 is 1.06 bits per heavy atom. The molecule has 2 heterocycles. The van der Waals surface area contributed by atoms with Gasteiger partial charge in [0.2, 0.25) is 0 Å². The molecule has 11 heteroatoms. The number of anilines is 1. The van der Waals surface area contributed by atoms with E-state index in [1.165, 1.54) is 43.6 Å². The quantitative estimate of drug-likeness (QED) is 0.454. The van der Waals surface area contributed by atoms with Crippen molar-refractivity contribution in [2.24, 2.45) is 0 Å². The number of H-pyrrole nitrogens is 1. The molecule has 0 bridgehead atoms. The molecule has 0 aliphatic carbocycles. The van der Waals surface area contributed by atoms with Crippen molar-refractivity contribution in [3.05, 3.63) is 75.7 Å². The Labute approximate surface area is 178 Å². The smallest absolute Gasteiger partial charge is 0.328 e. The van der Waals surface area contributed by atoms with Crippen LogP contribution < -0.4 is 10.3 Å².